The first-order valence-electron chi connectivity index (χ1n) is 7.78. The maximum atomic E-state index is 5.37. The molecule has 122 valence electrons. The van der Waals surface area contributed by atoms with Gasteiger partial charge < -0.3 is 15.4 Å². The van der Waals surface area contributed by atoms with Gasteiger partial charge in [0.05, 0.1) is 7.11 Å². The topological polar surface area (TPSA) is 59.1 Å². The molecule has 1 aromatic heterocycles. The third kappa shape index (κ3) is 4.01. The first kappa shape index (κ1) is 15.8. The van der Waals surface area contributed by atoms with Gasteiger partial charge in [0, 0.05) is 29.6 Å². The standard InChI is InChI=1S/C19H20N4O/c1-14-12-18(22-16-9-4-3-5-10-16)23-19(21-14)20-13-15-8-6-7-11-17(15)24-2/h3-12H,13H2,1-2H3,(H2,20,21,22,23). The summed E-state index contributed by atoms with van der Waals surface area (Å²) < 4.78 is 5.37. The molecule has 0 aliphatic carbocycles. The van der Waals surface area contributed by atoms with Crippen LogP contribution in [0.3, 0.4) is 0 Å². The van der Waals surface area contributed by atoms with Crippen molar-refractivity contribution < 1.29 is 4.74 Å². The SMILES string of the molecule is COc1ccccc1CNc1nc(C)cc(Nc2ccccc2)n1. The van der Waals surface area contributed by atoms with Crippen LogP contribution in [-0.4, -0.2) is 17.1 Å². The zero-order valence-corrected chi connectivity index (χ0v) is 13.8. The lowest BCUT2D eigenvalue weighted by atomic mass is 10.2. The molecule has 5 nitrogen and oxygen atoms in total. The van der Waals surface area contributed by atoms with Gasteiger partial charge in [0.1, 0.15) is 11.6 Å². The lowest BCUT2D eigenvalue weighted by Crippen LogP contribution is -2.07. The molecule has 0 radical (unpaired) electrons. The summed E-state index contributed by atoms with van der Waals surface area (Å²) in [5.41, 5.74) is 2.94. The number of hydrogen-bond donors (Lipinski definition) is 2. The first-order chi connectivity index (χ1) is 11.7. The molecule has 0 unspecified atom stereocenters. The molecule has 0 spiro atoms. The molecule has 0 saturated carbocycles. The molecule has 3 rings (SSSR count). The number of rotatable bonds is 6. The summed E-state index contributed by atoms with van der Waals surface area (Å²) in [6, 6.07) is 19.8. The Morgan fingerprint density at radius 2 is 1.71 bits per heavy atom. The van der Waals surface area contributed by atoms with Crippen molar-refractivity contribution in [3.63, 3.8) is 0 Å². The van der Waals surface area contributed by atoms with Gasteiger partial charge >= 0.3 is 0 Å². The summed E-state index contributed by atoms with van der Waals surface area (Å²) >= 11 is 0. The zero-order valence-electron chi connectivity index (χ0n) is 13.8. The van der Waals surface area contributed by atoms with Crippen LogP contribution < -0.4 is 15.4 Å². The van der Waals surface area contributed by atoms with Crippen LogP contribution in [0.5, 0.6) is 5.75 Å². The molecule has 1 heterocycles. The monoisotopic (exact) mass is 320 g/mol. The number of benzene rings is 2. The van der Waals surface area contributed by atoms with Crippen molar-refractivity contribution in [1.82, 2.24) is 9.97 Å². The van der Waals surface area contributed by atoms with Crippen LogP contribution in [0.25, 0.3) is 0 Å². The molecular weight excluding hydrogens is 300 g/mol. The fourth-order valence-corrected chi connectivity index (χ4v) is 2.40. The summed E-state index contributed by atoms with van der Waals surface area (Å²) in [4.78, 5) is 8.97. The molecule has 24 heavy (non-hydrogen) atoms. The Labute approximate surface area is 141 Å². The van der Waals surface area contributed by atoms with Gasteiger partial charge in [0.2, 0.25) is 5.95 Å². The highest BCUT2D eigenvalue weighted by molar-refractivity contribution is 5.57. The number of anilines is 3. The van der Waals surface area contributed by atoms with Crippen LogP contribution in [0.15, 0.2) is 60.7 Å². The molecule has 0 fully saturated rings. The average Bonchev–Trinajstić information content (AvgIpc) is 2.60. The van der Waals surface area contributed by atoms with Crippen molar-refractivity contribution in [3.8, 4) is 5.75 Å². The first-order valence-corrected chi connectivity index (χ1v) is 7.78. The van der Waals surface area contributed by atoms with E-state index in [1.54, 1.807) is 7.11 Å². The molecule has 0 aliphatic heterocycles. The van der Waals surface area contributed by atoms with Gasteiger partial charge in [-0.3, -0.25) is 0 Å². The van der Waals surface area contributed by atoms with Crippen molar-refractivity contribution in [2.75, 3.05) is 17.7 Å². The number of nitrogens with zero attached hydrogens (tertiary/aromatic N) is 2. The van der Waals surface area contributed by atoms with E-state index in [-0.39, 0.29) is 0 Å². The minimum absolute atomic E-state index is 0.583. The number of nitrogens with one attached hydrogen (secondary N) is 2. The molecule has 0 bridgehead atoms. The number of para-hydroxylation sites is 2. The summed E-state index contributed by atoms with van der Waals surface area (Å²) in [6.45, 7) is 2.55. The Bertz CT molecular complexity index is 805. The second-order valence-corrected chi connectivity index (χ2v) is 5.37. The van der Waals surface area contributed by atoms with E-state index in [2.05, 4.69) is 20.6 Å². The second-order valence-electron chi connectivity index (χ2n) is 5.37. The highest BCUT2D eigenvalue weighted by atomic mass is 16.5. The fourth-order valence-electron chi connectivity index (χ4n) is 2.40. The number of aromatic nitrogens is 2. The molecule has 2 N–H and O–H groups in total. The smallest absolute Gasteiger partial charge is 0.225 e. The Balaban J connectivity index is 1.74. The van der Waals surface area contributed by atoms with Crippen LogP contribution in [0, 0.1) is 6.92 Å². The van der Waals surface area contributed by atoms with E-state index < -0.39 is 0 Å². The fraction of sp³-hybridized carbons (Fsp3) is 0.158. The van der Waals surface area contributed by atoms with Crippen LogP contribution in [0.1, 0.15) is 11.3 Å². The highest BCUT2D eigenvalue weighted by Gasteiger charge is 2.05. The van der Waals surface area contributed by atoms with Gasteiger partial charge in [-0.1, -0.05) is 36.4 Å². The van der Waals surface area contributed by atoms with Crippen molar-refractivity contribution in [1.29, 1.82) is 0 Å². The minimum Gasteiger partial charge on any atom is -0.496 e. The van der Waals surface area contributed by atoms with Crippen LogP contribution in [-0.2, 0) is 6.54 Å². The van der Waals surface area contributed by atoms with Crippen molar-refractivity contribution in [2.45, 2.75) is 13.5 Å². The van der Waals surface area contributed by atoms with E-state index in [1.165, 1.54) is 0 Å². The van der Waals surface area contributed by atoms with E-state index >= 15 is 0 Å². The molecule has 5 heteroatoms. The number of ether oxygens (including phenoxy) is 1. The maximum Gasteiger partial charge on any atom is 0.225 e. The Hall–Kier alpha value is -3.08. The van der Waals surface area contributed by atoms with E-state index in [0.717, 1.165) is 28.5 Å². The highest BCUT2D eigenvalue weighted by Crippen LogP contribution is 2.20. The van der Waals surface area contributed by atoms with Crippen LogP contribution in [0.4, 0.5) is 17.5 Å². The van der Waals surface area contributed by atoms with Crippen molar-refractivity contribution >= 4 is 17.5 Å². The van der Waals surface area contributed by atoms with Gasteiger partial charge in [-0.05, 0) is 25.1 Å². The number of aryl methyl sites for hydroxylation is 1. The largest absolute Gasteiger partial charge is 0.496 e. The van der Waals surface area contributed by atoms with Crippen molar-refractivity contribution in [3.05, 3.63) is 71.9 Å². The molecule has 2 aromatic carbocycles. The Morgan fingerprint density at radius 1 is 0.958 bits per heavy atom. The van der Waals surface area contributed by atoms with Crippen LogP contribution >= 0.6 is 0 Å². The lowest BCUT2D eigenvalue weighted by molar-refractivity contribution is 0.410. The van der Waals surface area contributed by atoms with Crippen LogP contribution in [0.2, 0.25) is 0 Å². The van der Waals surface area contributed by atoms with Gasteiger partial charge in [-0.2, -0.15) is 4.98 Å². The normalized spacial score (nSPS) is 10.2. The summed E-state index contributed by atoms with van der Waals surface area (Å²) in [5, 5.41) is 6.55. The van der Waals surface area contributed by atoms with E-state index in [1.807, 2.05) is 67.6 Å². The van der Waals surface area contributed by atoms with Gasteiger partial charge in [-0.25, -0.2) is 4.98 Å². The lowest BCUT2D eigenvalue weighted by Gasteiger charge is -2.11. The minimum atomic E-state index is 0.583. The Morgan fingerprint density at radius 3 is 2.50 bits per heavy atom. The van der Waals surface area contributed by atoms with E-state index in [4.69, 9.17) is 4.74 Å². The van der Waals surface area contributed by atoms with Gasteiger partial charge in [0.25, 0.3) is 0 Å². The Kier molecular flexibility index (Phi) is 4.91. The second kappa shape index (κ2) is 7.46. The number of methoxy groups -OCH3 is 1. The molecular formula is C19H20N4O. The number of hydrogen-bond acceptors (Lipinski definition) is 5. The molecule has 3 aromatic rings. The average molecular weight is 320 g/mol. The molecule has 0 amide bonds. The predicted octanol–water partition coefficient (Wildman–Crippen LogP) is 4.15. The van der Waals surface area contributed by atoms with Crippen molar-refractivity contribution in [2.24, 2.45) is 0 Å². The van der Waals surface area contributed by atoms with Gasteiger partial charge in [0.15, 0.2) is 0 Å². The van der Waals surface area contributed by atoms with E-state index in [0.29, 0.717) is 12.5 Å². The third-order valence-corrected chi connectivity index (χ3v) is 3.53. The molecule has 0 aliphatic rings. The zero-order chi connectivity index (χ0) is 16.8. The third-order valence-electron chi connectivity index (χ3n) is 3.53. The maximum absolute atomic E-state index is 5.37. The summed E-state index contributed by atoms with van der Waals surface area (Å²) in [7, 11) is 1.67. The molecule has 0 saturated heterocycles. The summed E-state index contributed by atoms with van der Waals surface area (Å²) in [5.74, 6) is 2.19. The van der Waals surface area contributed by atoms with E-state index in [9.17, 15) is 0 Å². The summed E-state index contributed by atoms with van der Waals surface area (Å²) in [6.07, 6.45) is 0. The predicted molar refractivity (Wildman–Crippen MR) is 96.8 cm³/mol. The van der Waals surface area contributed by atoms with Gasteiger partial charge in [-0.15, -0.1) is 0 Å². The molecule has 0 atom stereocenters. The quantitative estimate of drug-likeness (QED) is 0.714.